The molecular formula is C18H21BClN3O2. The van der Waals surface area contributed by atoms with Gasteiger partial charge in [0, 0.05) is 10.8 Å². The molecule has 0 radical (unpaired) electrons. The normalized spacial score (nSPS) is 23.7. The molecule has 4 rings (SSSR count). The van der Waals surface area contributed by atoms with Crippen LogP contribution in [0.1, 0.15) is 39.1 Å². The van der Waals surface area contributed by atoms with E-state index in [2.05, 4.69) is 44.1 Å². The Morgan fingerprint density at radius 1 is 1.12 bits per heavy atom. The van der Waals surface area contributed by atoms with Crippen LogP contribution in [0.2, 0.25) is 10.8 Å². The van der Waals surface area contributed by atoms with E-state index in [0.717, 1.165) is 23.5 Å². The molecule has 25 heavy (non-hydrogen) atoms. The van der Waals surface area contributed by atoms with Crippen molar-refractivity contribution in [3.63, 3.8) is 0 Å². The van der Waals surface area contributed by atoms with Gasteiger partial charge in [-0.05, 0) is 64.5 Å². The fraction of sp³-hybridized carbons (Fsp3) is 0.444. The lowest BCUT2D eigenvalue weighted by Crippen LogP contribution is -2.41. The van der Waals surface area contributed by atoms with Crippen LogP contribution in [0, 0.1) is 0 Å². The third kappa shape index (κ3) is 2.82. The van der Waals surface area contributed by atoms with Crippen LogP contribution in [0.25, 0.3) is 11.8 Å². The largest absolute Gasteiger partial charge is 0.465 e. The van der Waals surface area contributed by atoms with Crippen molar-refractivity contribution < 1.29 is 9.31 Å². The summed E-state index contributed by atoms with van der Waals surface area (Å²) in [5, 5.41) is 9.29. The molecule has 5 nitrogen and oxygen atoms in total. The van der Waals surface area contributed by atoms with Crippen molar-refractivity contribution >= 4 is 24.8 Å². The molecule has 2 aromatic rings. The number of hydrogen-bond donors (Lipinski definition) is 0. The van der Waals surface area contributed by atoms with Crippen LogP contribution in [0.15, 0.2) is 30.3 Å². The zero-order valence-electron chi connectivity index (χ0n) is 14.9. The van der Waals surface area contributed by atoms with Gasteiger partial charge >= 0.3 is 7.12 Å². The van der Waals surface area contributed by atoms with Gasteiger partial charge in [-0.25, -0.2) is 4.68 Å². The van der Waals surface area contributed by atoms with E-state index >= 15 is 0 Å². The van der Waals surface area contributed by atoms with Gasteiger partial charge in [0.15, 0.2) is 0 Å². The van der Waals surface area contributed by atoms with Crippen LogP contribution in [-0.4, -0.2) is 33.3 Å². The van der Waals surface area contributed by atoms with Gasteiger partial charge in [0.1, 0.15) is 5.69 Å². The van der Waals surface area contributed by atoms with Gasteiger partial charge in [-0.2, -0.15) is 0 Å². The predicted molar refractivity (Wildman–Crippen MR) is 98.9 cm³/mol. The third-order valence-corrected chi connectivity index (χ3v) is 5.67. The highest BCUT2D eigenvalue weighted by atomic mass is 35.5. The second-order valence-corrected chi connectivity index (χ2v) is 8.10. The van der Waals surface area contributed by atoms with E-state index in [4.69, 9.17) is 20.9 Å². The molecule has 1 saturated heterocycles. The third-order valence-electron chi connectivity index (χ3n) is 5.42. The molecule has 2 aliphatic rings. The first-order valence-electron chi connectivity index (χ1n) is 8.51. The molecule has 1 aliphatic heterocycles. The van der Waals surface area contributed by atoms with Crippen molar-refractivity contribution in [3.05, 3.63) is 46.8 Å². The molecular weight excluding hydrogens is 336 g/mol. The van der Waals surface area contributed by atoms with Crippen molar-refractivity contribution in [2.45, 2.75) is 51.1 Å². The molecule has 0 amide bonds. The summed E-state index contributed by atoms with van der Waals surface area (Å²) in [4.78, 5) is 0. The van der Waals surface area contributed by atoms with Crippen molar-refractivity contribution in [1.29, 1.82) is 0 Å². The van der Waals surface area contributed by atoms with E-state index in [1.54, 1.807) is 0 Å². The Hall–Kier alpha value is -1.63. The second-order valence-electron chi connectivity index (χ2n) is 7.66. The molecule has 0 saturated carbocycles. The van der Waals surface area contributed by atoms with Crippen molar-refractivity contribution in [3.8, 4) is 5.69 Å². The number of aromatic nitrogens is 3. The minimum Gasteiger partial charge on any atom is -0.403 e. The van der Waals surface area contributed by atoms with Gasteiger partial charge in [-0.1, -0.05) is 22.9 Å². The second kappa shape index (κ2) is 5.69. The summed E-state index contributed by atoms with van der Waals surface area (Å²) in [5.74, 6) is 0.123. The maximum Gasteiger partial charge on any atom is 0.465 e. The van der Waals surface area contributed by atoms with Crippen molar-refractivity contribution in [2.75, 3.05) is 0 Å². The number of halogens is 1. The molecule has 7 heteroatoms. The Labute approximate surface area is 153 Å². The summed E-state index contributed by atoms with van der Waals surface area (Å²) >= 11 is 5.99. The summed E-state index contributed by atoms with van der Waals surface area (Å²) in [6.07, 6.45) is 4.89. The van der Waals surface area contributed by atoms with Gasteiger partial charge in [0.05, 0.1) is 22.6 Å². The van der Waals surface area contributed by atoms with E-state index in [1.807, 2.05) is 35.0 Å². The molecule has 1 fully saturated rings. The Balaban J connectivity index is 1.62. The molecule has 1 atom stereocenters. The molecule has 1 aromatic heterocycles. The lowest BCUT2D eigenvalue weighted by Gasteiger charge is -2.32. The lowest BCUT2D eigenvalue weighted by atomic mass is 9.67. The van der Waals surface area contributed by atoms with E-state index in [-0.39, 0.29) is 24.1 Å². The maximum absolute atomic E-state index is 6.22. The van der Waals surface area contributed by atoms with Gasteiger partial charge in [0.25, 0.3) is 0 Å². The van der Waals surface area contributed by atoms with E-state index in [1.165, 1.54) is 0 Å². The smallest absolute Gasteiger partial charge is 0.403 e. The number of nitrogens with zero attached hydrogens (tertiary/aromatic N) is 3. The Kier molecular flexibility index (Phi) is 3.83. The monoisotopic (exact) mass is 357 g/mol. The highest BCUT2D eigenvalue weighted by molar-refractivity contribution is 6.48. The summed E-state index contributed by atoms with van der Waals surface area (Å²) in [5.41, 5.74) is 2.23. The van der Waals surface area contributed by atoms with E-state index < -0.39 is 0 Å². The molecule has 2 heterocycles. The van der Waals surface area contributed by atoms with Crippen LogP contribution >= 0.6 is 11.6 Å². The molecule has 130 valence electrons. The summed E-state index contributed by atoms with van der Waals surface area (Å²) in [7, 11) is -0.275. The van der Waals surface area contributed by atoms with Gasteiger partial charge in [0.2, 0.25) is 0 Å². The predicted octanol–water partition coefficient (Wildman–Crippen LogP) is 3.95. The van der Waals surface area contributed by atoms with Crippen LogP contribution < -0.4 is 0 Å². The Bertz CT molecular complexity index is 813. The number of rotatable bonds is 2. The fourth-order valence-corrected chi connectivity index (χ4v) is 3.31. The van der Waals surface area contributed by atoms with Crippen molar-refractivity contribution in [1.82, 2.24) is 15.0 Å². The number of allylic oxidation sites excluding steroid dienone is 1. The maximum atomic E-state index is 6.22. The van der Waals surface area contributed by atoms with Crippen LogP contribution in [-0.2, 0) is 15.7 Å². The first kappa shape index (κ1) is 16.8. The standard InChI is InChI=1S/C18H21BClN3O2/c1-17(2)18(3,4)25-19(24-17)12-5-10-15-16(11-12)23(22-21-15)14-8-6-13(20)7-9-14/h5-10,12H,11H2,1-4H3. The highest BCUT2D eigenvalue weighted by Gasteiger charge is 2.53. The molecule has 1 aromatic carbocycles. The van der Waals surface area contributed by atoms with Crippen LogP contribution in [0.3, 0.4) is 0 Å². The van der Waals surface area contributed by atoms with E-state index in [9.17, 15) is 0 Å². The SMILES string of the molecule is CC1(C)OB(C2C=Cc3nnn(-c4ccc(Cl)cc4)c3C2)OC1(C)C. The number of fused-ring (bicyclic) bond motifs is 1. The average Bonchev–Trinajstić information content (AvgIpc) is 3.06. The lowest BCUT2D eigenvalue weighted by molar-refractivity contribution is 0.00578. The van der Waals surface area contributed by atoms with Crippen LogP contribution in [0.5, 0.6) is 0 Å². The van der Waals surface area contributed by atoms with Gasteiger partial charge in [-0.15, -0.1) is 5.10 Å². The molecule has 0 spiro atoms. The van der Waals surface area contributed by atoms with Gasteiger partial charge < -0.3 is 9.31 Å². The first-order chi connectivity index (χ1) is 11.8. The summed E-state index contributed by atoms with van der Waals surface area (Å²) in [6, 6.07) is 7.60. The molecule has 0 N–H and O–H groups in total. The highest BCUT2D eigenvalue weighted by Crippen LogP contribution is 2.42. The van der Waals surface area contributed by atoms with Crippen molar-refractivity contribution in [2.24, 2.45) is 0 Å². The topological polar surface area (TPSA) is 49.2 Å². The minimum atomic E-state index is -0.333. The molecule has 1 unspecified atom stereocenters. The molecule has 1 aliphatic carbocycles. The average molecular weight is 358 g/mol. The van der Waals surface area contributed by atoms with Gasteiger partial charge in [-0.3, -0.25) is 0 Å². The number of hydrogen-bond acceptors (Lipinski definition) is 4. The Morgan fingerprint density at radius 2 is 1.76 bits per heavy atom. The zero-order chi connectivity index (χ0) is 17.8. The molecule has 0 bridgehead atoms. The summed E-state index contributed by atoms with van der Waals surface area (Å²) in [6.45, 7) is 8.30. The first-order valence-corrected chi connectivity index (χ1v) is 8.89. The zero-order valence-corrected chi connectivity index (χ0v) is 15.6. The van der Waals surface area contributed by atoms with E-state index in [0.29, 0.717) is 5.02 Å². The fourth-order valence-electron chi connectivity index (χ4n) is 3.18. The van der Waals surface area contributed by atoms with Crippen LogP contribution in [0.4, 0.5) is 0 Å². The number of benzene rings is 1. The quantitative estimate of drug-likeness (QED) is 0.764. The Morgan fingerprint density at radius 3 is 2.40 bits per heavy atom. The summed E-state index contributed by atoms with van der Waals surface area (Å²) < 4.78 is 14.3. The minimum absolute atomic E-state index is 0.123.